The number of hydrogen-bond donors (Lipinski definition) is 1. The van der Waals surface area contributed by atoms with E-state index in [-0.39, 0.29) is 0 Å². The predicted octanol–water partition coefficient (Wildman–Crippen LogP) is 2.13. The van der Waals surface area contributed by atoms with Gasteiger partial charge >= 0.3 is 5.97 Å². The van der Waals surface area contributed by atoms with Crippen LogP contribution in [-0.4, -0.2) is 44.6 Å². The number of rotatable bonds is 9. The zero-order valence-electron chi connectivity index (χ0n) is 11.3. The largest absolute Gasteiger partial charge is 0.493 e. The summed E-state index contributed by atoms with van der Waals surface area (Å²) in [7, 11) is 1.63. The van der Waals surface area contributed by atoms with Crippen molar-refractivity contribution < 1.29 is 24.1 Å². The zero-order valence-corrected chi connectivity index (χ0v) is 11.3. The molecule has 0 unspecified atom stereocenters. The Kier molecular flexibility index (Phi) is 6.92. The third-order valence-electron chi connectivity index (χ3n) is 2.56. The average Bonchev–Trinajstić information content (AvgIpc) is 2.37. The summed E-state index contributed by atoms with van der Waals surface area (Å²) < 4.78 is 15.7. The molecule has 1 aromatic rings. The second-order valence-electron chi connectivity index (χ2n) is 4.09. The van der Waals surface area contributed by atoms with E-state index in [1.54, 1.807) is 32.2 Å². The first kappa shape index (κ1) is 15.5. The molecule has 5 heteroatoms. The smallest absolute Gasteiger partial charge is 0.335 e. The molecule has 1 aromatic carbocycles. The highest BCUT2D eigenvalue weighted by Gasteiger charge is 2.07. The first-order chi connectivity index (χ1) is 9.15. The maximum absolute atomic E-state index is 10.9. The van der Waals surface area contributed by atoms with Gasteiger partial charge in [0.15, 0.2) is 0 Å². The average molecular weight is 268 g/mol. The summed E-state index contributed by atoms with van der Waals surface area (Å²) in [4.78, 5) is 10.9. The second kappa shape index (κ2) is 8.50. The lowest BCUT2D eigenvalue weighted by molar-refractivity contribution is 0.0644. The topological polar surface area (TPSA) is 65.0 Å². The normalized spacial score (nSPS) is 10.4. The Labute approximate surface area is 113 Å². The third-order valence-corrected chi connectivity index (χ3v) is 2.56. The number of carbonyl (C=O) groups is 1. The van der Waals surface area contributed by atoms with Crippen molar-refractivity contribution in [3.05, 3.63) is 29.3 Å². The minimum absolute atomic E-state index is 0.301. The van der Waals surface area contributed by atoms with Crippen molar-refractivity contribution in [3.8, 4) is 5.75 Å². The molecule has 0 amide bonds. The molecule has 106 valence electrons. The Balaban J connectivity index is 2.26. The van der Waals surface area contributed by atoms with Gasteiger partial charge in [0.1, 0.15) is 5.75 Å². The van der Waals surface area contributed by atoms with Crippen LogP contribution in [0, 0.1) is 6.92 Å². The number of aryl methyl sites for hydroxylation is 1. The molecule has 0 radical (unpaired) electrons. The Morgan fingerprint density at radius 1 is 1.21 bits per heavy atom. The summed E-state index contributed by atoms with van der Waals surface area (Å²) in [5.41, 5.74) is 0.997. The van der Waals surface area contributed by atoms with Gasteiger partial charge in [-0.15, -0.1) is 0 Å². The number of benzene rings is 1. The number of methoxy groups -OCH3 is 1. The summed E-state index contributed by atoms with van der Waals surface area (Å²) >= 11 is 0. The van der Waals surface area contributed by atoms with E-state index in [2.05, 4.69) is 0 Å². The van der Waals surface area contributed by atoms with Gasteiger partial charge in [-0.2, -0.15) is 0 Å². The van der Waals surface area contributed by atoms with Gasteiger partial charge in [-0.25, -0.2) is 4.79 Å². The van der Waals surface area contributed by atoms with Gasteiger partial charge in [-0.3, -0.25) is 0 Å². The summed E-state index contributed by atoms with van der Waals surface area (Å²) in [5.74, 6) is -0.241. The molecule has 0 fully saturated rings. The number of carboxylic acids is 1. The van der Waals surface area contributed by atoms with E-state index < -0.39 is 5.97 Å². The van der Waals surface area contributed by atoms with E-state index in [1.165, 1.54) is 0 Å². The maximum Gasteiger partial charge on any atom is 0.335 e. The van der Waals surface area contributed by atoms with Gasteiger partial charge in [-0.1, -0.05) is 0 Å². The van der Waals surface area contributed by atoms with E-state index in [9.17, 15) is 4.79 Å². The molecule has 0 atom stereocenters. The highest BCUT2D eigenvalue weighted by atomic mass is 16.5. The highest BCUT2D eigenvalue weighted by molar-refractivity contribution is 5.89. The van der Waals surface area contributed by atoms with Gasteiger partial charge in [-0.05, 0) is 30.7 Å². The summed E-state index contributed by atoms with van der Waals surface area (Å²) in [6.07, 6.45) is 0.781. The number of aromatic carboxylic acids is 1. The molecule has 0 spiro atoms. The van der Waals surface area contributed by atoms with Crippen molar-refractivity contribution in [2.24, 2.45) is 0 Å². The zero-order chi connectivity index (χ0) is 14.1. The van der Waals surface area contributed by atoms with Crippen molar-refractivity contribution in [3.63, 3.8) is 0 Å². The van der Waals surface area contributed by atoms with Crippen molar-refractivity contribution in [2.75, 3.05) is 33.5 Å². The first-order valence-corrected chi connectivity index (χ1v) is 6.18. The van der Waals surface area contributed by atoms with Crippen LogP contribution in [-0.2, 0) is 9.47 Å². The van der Waals surface area contributed by atoms with Crippen LogP contribution in [0.4, 0.5) is 0 Å². The maximum atomic E-state index is 10.9. The highest BCUT2D eigenvalue weighted by Crippen LogP contribution is 2.17. The third kappa shape index (κ3) is 5.72. The SMILES string of the molecule is COCCOCCCOc1ccc(C(=O)O)c(C)c1. The molecule has 0 heterocycles. The Morgan fingerprint density at radius 2 is 2.00 bits per heavy atom. The van der Waals surface area contributed by atoms with Crippen LogP contribution >= 0.6 is 0 Å². The number of carboxylic acid groups (broad SMARTS) is 1. The Hall–Kier alpha value is -1.59. The summed E-state index contributed by atoms with van der Waals surface area (Å²) in [5, 5.41) is 8.91. The van der Waals surface area contributed by atoms with Crippen LogP contribution in [0.3, 0.4) is 0 Å². The predicted molar refractivity (Wildman–Crippen MR) is 70.9 cm³/mol. The van der Waals surface area contributed by atoms with E-state index in [0.29, 0.717) is 43.3 Å². The van der Waals surface area contributed by atoms with Crippen molar-refractivity contribution in [1.82, 2.24) is 0 Å². The number of ether oxygens (including phenoxy) is 3. The van der Waals surface area contributed by atoms with E-state index >= 15 is 0 Å². The molecular formula is C14H20O5. The van der Waals surface area contributed by atoms with Crippen molar-refractivity contribution in [2.45, 2.75) is 13.3 Å². The monoisotopic (exact) mass is 268 g/mol. The van der Waals surface area contributed by atoms with Crippen LogP contribution in [0.1, 0.15) is 22.3 Å². The lowest BCUT2D eigenvalue weighted by atomic mass is 10.1. The van der Waals surface area contributed by atoms with Crippen molar-refractivity contribution in [1.29, 1.82) is 0 Å². The number of hydrogen-bond acceptors (Lipinski definition) is 4. The Morgan fingerprint density at radius 3 is 2.63 bits per heavy atom. The fourth-order valence-electron chi connectivity index (χ4n) is 1.56. The molecule has 0 aliphatic carbocycles. The summed E-state index contributed by atoms with van der Waals surface area (Å²) in [6.45, 7) is 4.10. The Bertz CT molecular complexity index is 403. The second-order valence-corrected chi connectivity index (χ2v) is 4.09. The lowest BCUT2D eigenvalue weighted by Crippen LogP contribution is -2.07. The van der Waals surface area contributed by atoms with Crippen LogP contribution < -0.4 is 4.74 Å². The summed E-state index contributed by atoms with van der Waals surface area (Å²) in [6, 6.07) is 4.96. The van der Waals surface area contributed by atoms with Gasteiger partial charge in [0.05, 0.1) is 25.4 Å². The molecule has 0 aliphatic heterocycles. The van der Waals surface area contributed by atoms with Crippen LogP contribution in [0.25, 0.3) is 0 Å². The van der Waals surface area contributed by atoms with Crippen LogP contribution in [0.15, 0.2) is 18.2 Å². The van der Waals surface area contributed by atoms with Gasteiger partial charge in [0.2, 0.25) is 0 Å². The lowest BCUT2D eigenvalue weighted by Gasteiger charge is -2.08. The minimum Gasteiger partial charge on any atom is -0.493 e. The molecule has 0 aromatic heterocycles. The van der Waals surface area contributed by atoms with Crippen molar-refractivity contribution >= 4 is 5.97 Å². The first-order valence-electron chi connectivity index (χ1n) is 6.18. The molecular weight excluding hydrogens is 248 g/mol. The van der Waals surface area contributed by atoms with Gasteiger partial charge in [0.25, 0.3) is 0 Å². The minimum atomic E-state index is -0.921. The van der Waals surface area contributed by atoms with E-state index in [1.807, 2.05) is 0 Å². The molecule has 0 saturated heterocycles. The van der Waals surface area contributed by atoms with E-state index in [0.717, 1.165) is 6.42 Å². The fourth-order valence-corrected chi connectivity index (χ4v) is 1.56. The molecule has 1 rings (SSSR count). The van der Waals surface area contributed by atoms with Crippen LogP contribution in [0.2, 0.25) is 0 Å². The van der Waals surface area contributed by atoms with Gasteiger partial charge < -0.3 is 19.3 Å². The molecule has 0 saturated carbocycles. The van der Waals surface area contributed by atoms with E-state index in [4.69, 9.17) is 19.3 Å². The fraction of sp³-hybridized carbons (Fsp3) is 0.500. The molecule has 5 nitrogen and oxygen atoms in total. The van der Waals surface area contributed by atoms with Crippen LogP contribution in [0.5, 0.6) is 5.75 Å². The molecule has 0 bridgehead atoms. The quantitative estimate of drug-likeness (QED) is 0.695. The molecule has 1 N–H and O–H groups in total. The standard InChI is InChI=1S/C14H20O5/c1-11-10-12(4-5-13(11)14(15)16)19-7-3-6-18-9-8-17-2/h4-5,10H,3,6-9H2,1-2H3,(H,15,16). The van der Waals surface area contributed by atoms with Gasteiger partial charge in [0, 0.05) is 20.1 Å². The molecule has 19 heavy (non-hydrogen) atoms. The molecule has 0 aliphatic rings.